The molecule has 0 aromatic carbocycles. The van der Waals surface area contributed by atoms with Crippen molar-refractivity contribution in [1.82, 2.24) is 0 Å². The highest BCUT2D eigenvalue weighted by Crippen LogP contribution is 2.40. The van der Waals surface area contributed by atoms with Gasteiger partial charge in [-0.3, -0.25) is 0 Å². The van der Waals surface area contributed by atoms with Crippen molar-refractivity contribution in [3.8, 4) is 0 Å². The Morgan fingerprint density at radius 1 is 1.30 bits per heavy atom. The fraction of sp³-hybridized carbons (Fsp3) is 1.00. The Kier molecular flexibility index (Phi) is 3.02. The van der Waals surface area contributed by atoms with Crippen LogP contribution in [0.3, 0.4) is 0 Å². The van der Waals surface area contributed by atoms with Gasteiger partial charge in [0.05, 0.1) is 0 Å². The maximum Gasteiger partial charge on any atom is 0.00493 e. The molecular formula is C9H17I. The molecule has 1 aliphatic carbocycles. The van der Waals surface area contributed by atoms with Crippen LogP contribution in [0.5, 0.6) is 0 Å². The van der Waals surface area contributed by atoms with Crippen molar-refractivity contribution >= 4 is 22.6 Å². The van der Waals surface area contributed by atoms with Crippen molar-refractivity contribution in [2.45, 2.75) is 39.5 Å². The first-order chi connectivity index (χ1) is 4.67. The molecule has 0 aromatic rings. The first kappa shape index (κ1) is 8.82. The van der Waals surface area contributed by atoms with Crippen LogP contribution in [-0.4, -0.2) is 4.43 Å². The van der Waals surface area contributed by atoms with E-state index in [1.54, 1.807) is 0 Å². The smallest absolute Gasteiger partial charge is 0.00493 e. The molecule has 0 heterocycles. The molecular weight excluding hydrogens is 235 g/mol. The van der Waals surface area contributed by atoms with Gasteiger partial charge in [0.2, 0.25) is 0 Å². The Balaban J connectivity index is 2.45. The summed E-state index contributed by atoms with van der Waals surface area (Å²) in [5, 5.41) is 0. The summed E-state index contributed by atoms with van der Waals surface area (Å²) in [6.07, 6.45) is 5.92. The minimum atomic E-state index is 0.608. The summed E-state index contributed by atoms with van der Waals surface area (Å²) in [4.78, 5) is 0. The average molecular weight is 252 g/mol. The molecule has 1 fully saturated rings. The zero-order valence-corrected chi connectivity index (χ0v) is 9.15. The van der Waals surface area contributed by atoms with E-state index in [0.717, 1.165) is 5.92 Å². The van der Waals surface area contributed by atoms with Crippen molar-refractivity contribution in [1.29, 1.82) is 0 Å². The molecule has 0 spiro atoms. The van der Waals surface area contributed by atoms with Crippen LogP contribution in [0.15, 0.2) is 0 Å². The Morgan fingerprint density at radius 3 is 2.20 bits per heavy atom. The van der Waals surface area contributed by atoms with E-state index in [4.69, 9.17) is 0 Å². The lowest BCUT2D eigenvalue weighted by atomic mass is 9.80. The highest BCUT2D eigenvalue weighted by Gasteiger charge is 2.30. The highest BCUT2D eigenvalue weighted by atomic mass is 127. The van der Waals surface area contributed by atoms with Crippen LogP contribution < -0.4 is 0 Å². The second-order valence-corrected chi connectivity index (χ2v) is 4.87. The van der Waals surface area contributed by atoms with E-state index in [1.807, 2.05) is 0 Å². The van der Waals surface area contributed by atoms with Gasteiger partial charge in [-0.2, -0.15) is 0 Å². The molecule has 1 rings (SSSR count). The van der Waals surface area contributed by atoms with Gasteiger partial charge in [-0.05, 0) is 24.2 Å². The molecule has 0 saturated heterocycles. The number of halogens is 1. The van der Waals surface area contributed by atoms with Gasteiger partial charge in [0.1, 0.15) is 0 Å². The molecule has 0 aliphatic heterocycles. The molecule has 0 aromatic heterocycles. The zero-order valence-electron chi connectivity index (χ0n) is 6.99. The molecule has 0 bridgehead atoms. The Bertz CT molecular complexity index is 101. The average Bonchev–Trinajstić information content (AvgIpc) is 2.38. The molecule has 0 nitrogen and oxygen atoms in total. The third-order valence-corrected chi connectivity index (χ3v) is 4.77. The molecule has 0 amide bonds. The lowest BCUT2D eigenvalue weighted by molar-refractivity contribution is 0.258. The third kappa shape index (κ3) is 1.86. The summed E-state index contributed by atoms with van der Waals surface area (Å²) < 4.78 is 1.31. The summed E-state index contributed by atoms with van der Waals surface area (Å²) in [6, 6.07) is 0. The van der Waals surface area contributed by atoms with Crippen LogP contribution in [-0.2, 0) is 0 Å². The van der Waals surface area contributed by atoms with Crippen molar-refractivity contribution in [3.05, 3.63) is 0 Å². The summed E-state index contributed by atoms with van der Waals surface area (Å²) >= 11 is 2.52. The van der Waals surface area contributed by atoms with Crippen LogP contribution in [0, 0.1) is 11.3 Å². The number of hydrogen-bond donors (Lipinski definition) is 0. The maximum absolute atomic E-state index is 2.52. The Morgan fingerprint density at radius 2 is 1.80 bits per heavy atom. The van der Waals surface area contributed by atoms with Gasteiger partial charge in [-0.25, -0.2) is 0 Å². The monoisotopic (exact) mass is 252 g/mol. The molecule has 0 N–H and O–H groups in total. The van der Waals surface area contributed by atoms with E-state index < -0.39 is 0 Å². The minimum absolute atomic E-state index is 0.608. The van der Waals surface area contributed by atoms with Gasteiger partial charge in [-0.1, -0.05) is 49.3 Å². The summed E-state index contributed by atoms with van der Waals surface area (Å²) in [5.74, 6) is 1.02. The number of alkyl halides is 1. The van der Waals surface area contributed by atoms with E-state index in [-0.39, 0.29) is 0 Å². The van der Waals surface area contributed by atoms with Crippen molar-refractivity contribution < 1.29 is 0 Å². The van der Waals surface area contributed by atoms with Gasteiger partial charge >= 0.3 is 0 Å². The lowest BCUT2D eigenvalue weighted by Gasteiger charge is -2.29. The van der Waals surface area contributed by atoms with E-state index in [0.29, 0.717) is 5.41 Å². The molecule has 1 heteroatoms. The molecule has 1 saturated carbocycles. The Hall–Kier alpha value is 0.730. The Labute approximate surface area is 77.9 Å². The van der Waals surface area contributed by atoms with Crippen molar-refractivity contribution in [2.75, 3.05) is 4.43 Å². The lowest BCUT2D eigenvalue weighted by Crippen LogP contribution is -2.22. The fourth-order valence-corrected chi connectivity index (χ4v) is 2.44. The summed E-state index contributed by atoms with van der Waals surface area (Å²) in [5.41, 5.74) is 0.608. The third-order valence-electron chi connectivity index (χ3n) is 2.80. The van der Waals surface area contributed by atoms with Crippen LogP contribution in [0.4, 0.5) is 0 Å². The number of rotatable bonds is 2. The van der Waals surface area contributed by atoms with E-state index >= 15 is 0 Å². The molecule has 0 unspecified atom stereocenters. The molecule has 0 radical (unpaired) electrons. The van der Waals surface area contributed by atoms with Crippen molar-refractivity contribution in [2.24, 2.45) is 11.3 Å². The zero-order chi connectivity index (χ0) is 7.61. The van der Waals surface area contributed by atoms with Gasteiger partial charge in [0.25, 0.3) is 0 Å². The van der Waals surface area contributed by atoms with Crippen molar-refractivity contribution in [3.63, 3.8) is 0 Å². The topological polar surface area (TPSA) is 0 Å². The van der Waals surface area contributed by atoms with Crippen LogP contribution >= 0.6 is 22.6 Å². The van der Waals surface area contributed by atoms with Crippen LogP contribution in [0.2, 0.25) is 0 Å². The number of hydrogen-bond acceptors (Lipinski definition) is 0. The molecule has 1 aliphatic rings. The predicted molar refractivity (Wildman–Crippen MR) is 54.6 cm³/mol. The summed E-state index contributed by atoms with van der Waals surface area (Å²) in [6.45, 7) is 4.82. The normalized spacial score (nSPS) is 21.9. The fourth-order valence-electron chi connectivity index (χ4n) is 1.82. The van der Waals surface area contributed by atoms with E-state index in [1.165, 1.54) is 30.1 Å². The molecule has 0 atom stereocenters. The van der Waals surface area contributed by atoms with E-state index in [2.05, 4.69) is 36.4 Å². The minimum Gasteiger partial charge on any atom is -0.0858 e. The predicted octanol–water partition coefficient (Wildman–Crippen LogP) is 3.64. The van der Waals surface area contributed by atoms with Crippen LogP contribution in [0.25, 0.3) is 0 Å². The quantitative estimate of drug-likeness (QED) is 0.520. The molecule has 60 valence electrons. The van der Waals surface area contributed by atoms with Gasteiger partial charge in [-0.15, -0.1) is 0 Å². The second-order valence-electron chi connectivity index (χ2n) is 4.10. The molecule has 10 heavy (non-hydrogen) atoms. The second kappa shape index (κ2) is 3.42. The van der Waals surface area contributed by atoms with Gasteiger partial charge in [0.15, 0.2) is 0 Å². The SMILES string of the molecule is CC(C)(CI)C1CCCC1. The maximum atomic E-state index is 2.52. The highest BCUT2D eigenvalue weighted by molar-refractivity contribution is 14.1. The van der Waals surface area contributed by atoms with Gasteiger partial charge < -0.3 is 0 Å². The van der Waals surface area contributed by atoms with Gasteiger partial charge in [0, 0.05) is 4.43 Å². The summed E-state index contributed by atoms with van der Waals surface area (Å²) in [7, 11) is 0. The largest absolute Gasteiger partial charge is 0.0858 e. The van der Waals surface area contributed by atoms with E-state index in [9.17, 15) is 0 Å². The first-order valence-corrected chi connectivity index (χ1v) is 5.75. The first-order valence-electron chi connectivity index (χ1n) is 4.23. The standard InChI is InChI=1S/C9H17I/c1-9(2,7-10)8-5-3-4-6-8/h8H,3-7H2,1-2H3. The van der Waals surface area contributed by atoms with Crippen LogP contribution in [0.1, 0.15) is 39.5 Å².